The molecule has 8 heteroatoms. The molecule has 0 saturated carbocycles. The summed E-state index contributed by atoms with van der Waals surface area (Å²) in [5, 5.41) is 15.2. The highest BCUT2D eigenvalue weighted by Gasteiger charge is 2.26. The number of nitrogens with zero attached hydrogens (tertiary/aromatic N) is 5. The second kappa shape index (κ2) is 5.14. The van der Waals surface area contributed by atoms with Crippen molar-refractivity contribution >= 4 is 17.4 Å². The van der Waals surface area contributed by atoms with Gasteiger partial charge in [-0.15, -0.1) is 15.3 Å². The number of carbonyl (C=O) groups excluding carboxylic acids is 1. The predicted octanol–water partition coefficient (Wildman–Crippen LogP) is 0.726. The van der Waals surface area contributed by atoms with Crippen LogP contribution in [0.15, 0.2) is 41.3 Å². The summed E-state index contributed by atoms with van der Waals surface area (Å²) in [6, 6.07) is 7.23. The lowest BCUT2D eigenvalue weighted by atomic mass is 10.2. The van der Waals surface area contributed by atoms with Crippen LogP contribution in [0.1, 0.15) is 17.0 Å². The summed E-state index contributed by atoms with van der Waals surface area (Å²) in [5.74, 6) is 1.00. The van der Waals surface area contributed by atoms with Gasteiger partial charge in [-0.2, -0.15) is 4.52 Å². The second-order valence-corrected chi connectivity index (χ2v) is 5.21. The number of fused-ring (bicyclic) bond motifs is 1. The van der Waals surface area contributed by atoms with Crippen LogP contribution in [0.25, 0.3) is 5.65 Å². The van der Waals surface area contributed by atoms with Crippen LogP contribution < -0.4 is 10.2 Å². The van der Waals surface area contributed by atoms with E-state index in [9.17, 15) is 4.79 Å². The van der Waals surface area contributed by atoms with Gasteiger partial charge in [-0.1, -0.05) is 0 Å². The minimum absolute atomic E-state index is 0.0796. The molecule has 1 saturated heterocycles. The van der Waals surface area contributed by atoms with Crippen molar-refractivity contribution in [1.29, 1.82) is 0 Å². The summed E-state index contributed by atoms with van der Waals surface area (Å²) in [6.45, 7) is 1.55. The zero-order valence-corrected chi connectivity index (χ0v) is 11.7. The van der Waals surface area contributed by atoms with Gasteiger partial charge in [0.2, 0.25) is 0 Å². The molecular weight excluding hydrogens is 284 g/mol. The largest absolute Gasteiger partial charge is 0.459 e. The third-order valence-electron chi connectivity index (χ3n) is 3.74. The number of carbonyl (C=O) groups is 1. The Hall–Kier alpha value is -2.90. The van der Waals surface area contributed by atoms with Gasteiger partial charge in [0.25, 0.3) is 5.91 Å². The number of amides is 1. The number of hydrogen-bond acceptors (Lipinski definition) is 6. The molecule has 112 valence electrons. The Morgan fingerprint density at radius 3 is 3.18 bits per heavy atom. The molecule has 1 amide bonds. The minimum Gasteiger partial charge on any atom is -0.459 e. The lowest BCUT2D eigenvalue weighted by molar-refractivity contribution is 0.0912. The minimum atomic E-state index is -0.181. The monoisotopic (exact) mass is 298 g/mol. The molecule has 8 nitrogen and oxygen atoms in total. The van der Waals surface area contributed by atoms with Crippen molar-refractivity contribution < 1.29 is 9.21 Å². The molecule has 1 atom stereocenters. The third-order valence-corrected chi connectivity index (χ3v) is 3.74. The van der Waals surface area contributed by atoms with Crippen molar-refractivity contribution in [3.63, 3.8) is 0 Å². The van der Waals surface area contributed by atoms with E-state index < -0.39 is 0 Å². The van der Waals surface area contributed by atoms with Crippen LogP contribution >= 0.6 is 0 Å². The van der Waals surface area contributed by atoms with Crippen molar-refractivity contribution in [2.75, 3.05) is 18.0 Å². The maximum absolute atomic E-state index is 12.0. The van der Waals surface area contributed by atoms with Gasteiger partial charge in [-0.05, 0) is 30.7 Å². The first-order chi connectivity index (χ1) is 10.8. The Balaban J connectivity index is 1.44. The van der Waals surface area contributed by atoms with Gasteiger partial charge in [-0.25, -0.2) is 0 Å². The van der Waals surface area contributed by atoms with Crippen molar-refractivity contribution in [3.05, 3.63) is 42.6 Å². The Morgan fingerprint density at radius 2 is 2.32 bits per heavy atom. The van der Waals surface area contributed by atoms with E-state index in [0.29, 0.717) is 18.0 Å². The highest BCUT2D eigenvalue weighted by molar-refractivity contribution is 5.91. The van der Waals surface area contributed by atoms with E-state index in [1.165, 1.54) is 6.26 Å². The van der Waals surface area contributed by atoms with Crippen molar-refractivity contribution in [2.24, 2.45) is 0 Å². The summed E-state index contributed by atoms with van der Waals surface area (Å²) in [6.07, 6.45) is 3.94. The molecule has 3 aromatic rings. The van der Waals surface area contributed by atoms with Crippen LogP contribution in [0.3, 0.4) is 0 Å². The number of anilines is 1. The fraction of sp³-hybridized carbons (Fsp3) is 0.286. The molecule has 1 fully saturated rings. The smallest absolute Gasteiger partial charge is 0.287 e. The molecule has 4 heterocycles. The van der Waals surface area contributed by atoms with E-state index in [4.69, 9.17) is 4.42 Å². The molecule has 3 aromatic heterocycles. The Bertz CT molecular complexity index is 797. The molecule has 4 rings (SSSR count). The van der Waals surface area contributed by atoms with E-state index in [1.807, 2.05) is 12.1 Å². The number of furan rings is 1. The Morgan fingerprint density at radius 1 is 1.36 bits per heavy atom. The average molecular weight is 298 g/mol. The first-order valence-electron chi connectivity index (χ1n) is 7.06. The Kier molecular flexibility index (Phi) is 2.99. The fourth-order valence-corrected chi connectivity index (χ4v) is 2.64. The molecule has 0 radical (unpaired) electrons. The maximum atomic E-state index is 12.0. The summed E-state index contributed by atoms with van der Waals surface area (Å²) in [4.78, 5) is 14.1. The van der Waals surface area contributed by atoms with Gasteiger partial charge in [0.15, 0.2) is 11.4 Å². The topological polar surface area (TPSA) is 88.6 Å². The molecule has 1 N–H and O–H groups in total. The number of nitrogens with one attached hydrogen (secondary N) is 1. The fourth-order valence-electron chi connectivity index (χ4n) is 2.64. The van der Waals surface area contributed by atoms with E-state index >= 15 is 0 Å². The molecule has 0 aromatic carbocycles. The molecule has 0 spiro atoms. The van der Waals surface area contributed by atoms with Crippen molar-refractivity contribution in [1.82, 2.24) is 25.1 Å². The lowest BCUT2D eigenvalue weighted by Gasteiger charge is -2.17. The molecule has 22 heavy (non-hydrogen) atoms. The normalized spacial score (nSPS) is 18.0. The molecular formula is C14H14N6O2. The summed E-state index contributed by atoms with van der Waals surface area (Å²) in [5.41, 5.74) is 0.714. The van der Waals surface area contributed by atoms with Gasteiger partial charge in [-0.3, -0.25) is 4.79 Å². The second-order valence-electron chi connectivity index (χ2n) is 5.21. The van der Waals surface area contributed by atoms with E-state index in [2.05, 4.69) is 25.5 Å². The van der Waals surface area contributed by atoms with Crippen LogP contribution in [0.2, 0.25) is 0 Å². The first kappa shape index (κ1) is 12.8. The maximum Gasteiger partial charge on any atom is 0.287 e. The SMILES string of the molecule is O=C(N[C@H]1CCN(c2ccc3nncn3n2)C1)c1ccco1. The quantitative estimate of drug-likeness (QED) is 0.766. The van der Waals surface area contributed by atoms with Gasteiger partial charge >= 0.3 is 0 Å². The van der Waals surface area contributed by atoms with Gasteiger partial charge in [0.05, 0.1) is 6.26 Å². The van der Waals surface area contributed by atoms with Crippen LogP contribution in [-0.2, 0) is 0 Å². The average Bonchev–Trinajstić information content (AvgIpc) is 3.27. The standard InChI is InChI=1S/C14H14N6O2/c21-14(11-2-1-7-22-11)16-10-5-6-19(8-10)13-4-3-12-17-15-9-20(12)18-13/h1-4,7,9-10H,5-6,8H2,(H,16,21)/t10-/m0/s1. The van der Waals surface area contributed by atoms with Gasteiger partial charge < -0.3 is 14.6 Å². The highest BCUT2D eigenvalue weighted by atomic mass is 16.3. The Labute approximate surface area is 125 Å². The zero-order chi connectivity index (χ0) is 14.9. The van der Waals surface area contributed by atoms with Crippen LogP contribution in [0.4, 0.5) is 5.82 Å². The highest BCUT2D eigenvalue weighted by Crippen LogP contribution is 2.18. The van der Waals surface area contributed by atoms with E-state index in [1.54, 1.807) is 23.0 Å². The first-order valence-corrected chi connectivity index (χ1v) is 7.06. The van der Waals surface area contributed by atoms with Gasteiger partial charge in [0, 0.05) is 19.1 Å². The lowest BCUT2D eigenvalue weighted by Crippen LogP contribution is -2.37. The van der Waals surface area contributed by atoms with Crippen LogP contribution in [0.5, 0.6) is 0 Å². The summed E-state index contributed by atoms with van der Waals surface area (Å²) in [7, 11) is 0. The predicted molar refractivity (Wildman–Crippen MR) is 77.6 cm³/mol. The summed E-state index contributed by atoms with van der Waals surface area (Å²) >= 11 is 0. The van der Waals surface area contributed by atoms with Gasteiger partial charge in [0.1, 0.15) is 12.1 Å². The molecule has 0 bridgehead atoms. The molecule has 0 unspecified atom stereocenters. The van der Waals surface area contributed by atoms with Crippen molar-refractivity contribution in [2.45, 2.75) is 12.5 Å². The number of hydrogen-bond donors (Lipinski definition) is 1. The molecule has 1 aliphatic heterocycles. The third kappa shape index (κ3) is 2.28. The van der Waals surface area contributed by atoms with Crippen molar-refractivity contribution in [3.8, 4) is 0 Å². The number of rotatable bonds is 3. The van der Waals surface area contributed by atoms with E-state index in [0.717, 1.165) is 18.8 Å². The van der Waals surface area contributed by atoms with E-state index in [-0.39, 0.29) is 11.9 Å². The molecule has 0 aliphatic carbocycles. The zero-order valence-electron chi connectivity index (χ0n) is 11.7. The number of aromatic nitrogens is 4. The van der Waals surface area contributed by atoms with Crippen LogP contribution in [0, 0.1) is 0 Å². The van der Waals surface area contributed by atoms with Crippen LogP contribution in [-0.4, -0.2) is 44.8 Å². The summed E-state index contributed by atoms with van der Waals surface area (Å²) < 4.78 is 6.74. The molecule has 1 aliphatic rings.